The summed E-state index contributed by atoms with van der Waals surface area (Å²) in [6.45, 7) is 4.91. The Morgan fingerprint density at radius 3 is 1.57 bits per heavy atom. The molecule has 0 aliphatic carbocycles. The number of hydrogen-bond donors (Lipinski definition) is 0. The number of aryl methyl sites for hydroxylation is 2. The van der Waals surface area contributed by atoms with Crippen LogP contribution < -0.4 is 9.47 Å². The van der Waals surface area contributed by atoms with Crippen molar-refractivity contribution in [3.05, 3.63) is 41.2 Å². The smallest absolute Gasteiger partial charge is 0.250 e. The number of rotatable bonds is 7. The normalized spacial score (nSPS) is 12.1. The summed E-state index contributed by atoms with van der Waals surface area (Å²) in [4.78, 5) is 12.3. The second-order valence-corrected chi connectivity index (χ2v) is 10.1. The molecule has 154 valence electrons. The van der Waals surface area contributed by atoms with Gasteiger partial charge >= 0.3 is 0 Å². The van der Waals surface area contributed by atoms with Crippen LogP contribution in [0.25, 0.3) is 0 Å². The second kappa shape index (κ2) is 10.1. The molecule has 0 bridgehead atoms. The molecule has 0 saturated carbocycles. The van der Waals surface area contributed by atoms with Crippen molar-refractivity contribution in [3.8, 4) is 11.5 Å². The minimum absolute atomic E-state index is 0.109. The van der Waals surface area contributed by atoms with Gasteiger partial charge in [0.25, 0.3) is 0 Å². The Morgan fingerprint density at radius 1 is 0.714 bits per heavy atom. The molecular formula is C17H17Cl6N3O2. The summed E-state index contributed by atoms with van der Waals surface area (Å²) < 4.78 is 7.42. The van der Waals surface area contributed by atoms with E-state index in [0.717, 1.165) is 5.56 Å². The highest BCUT2D eigenvalue weighted by atomic mass is 35.6. The van der Waals surface area contributed by atoms with Gasteiger partial charge in [-0.3, -0.25) is 0 Å². The molecule has 11 heteroatoms. The highest BCUT2D eigenvalue weighted by Crippen LogP contribution is 2.40. The van der Waals surface area contributed by atoms with E-state index in [1.165, 1.54) is 0 Å². The molecule has 2 rings (SSSR count). The molecule has 0 amide bonds. The van der Waals surface area contributed by atoms with E-state index >= 15 is 0 Å². The van der Waals surface area contributed by atoms with Crippen molar-refractivity contribution < 1.29 is 9.47 Å². The van der Waals surface area contributed by atoms with Gasteiger partial charge in [0.15, 0.2) is 11.6 Å². The molecule has 0 unspecified atom stereocenters. The summed E-state index contributed by atoms with van der Waals surface area (Å²) in [5.74, 6) is 1.53. The average Bonchev–Trinajstić information content (AvgIpc) is 2.59. The SMILES string of the molecule is CCOc1cc(CCc2nc(C(Cl)(Cl)Cl)nc(C(Cl)(Cl)Cl)n2)cc(OCC)c1. The molecular weight excluding hydrogens is 491 g/mol. The summed E-state index contributed by atoms with van der Waals surface area (Å²) in [6.07, 6.45) is 0.953. The number of nitrogens with zero attached hydrogens (tertiary/aromatic N) is 3. The second-order valence-electron chi connectivity index (χ2n) is 5.57. The van der Waals surface area contributed by atoms with Crippen LogP contribution >= 0.6 is 69.6 Å². The average molecular weight is 508 g/mol. The molecule has 0 saturated heterocycles. The molecule has 5 nitrogen and oxygen atoms in total. The van der Waals surface area contributed by atoms with E-state index in [-0.39, 0.29) is 11.6 Å². The lowest BCUT2D eigenvalue weighted by Gasteiger charge is -2.16. The fraction of sp³-hybridized carbons (Fsp3) is 0.471. The first-order valence-electron chi connectivity index (χ1n) is 8.31. The van der Waals surface area contributed by atoms with Crippen molar-refractivity contribution in [2.24, 2.45) is 0 Å². The van der Waals surface area contributed by atoms with Crippen LogP contribution in [-0.2, 0) is 20.4 Å². The molecule has 28 heavy (non-hydrogen) atoms. The zero-order chi connectivity index (χ0) is 20.9. The maximum absolute atomic E-state index is 5.90. The van der Waals surface area contributed by atoms with Gasteiger partial charge in [-0.25, -0.2) is 15.0 Å². The van der Waals surface area contributed by atoms with Crippen LogP contribution in [0.2, 0.25) is 0 Å². The highest BCUT2D eigenvalue weighted by Gasteiger charge is 2.33. The van der Waals surface area contributed by atoms with Gasteiger partial charge in [-0.2, -0.15) is 0 Å². The Morgan fingerprint density at radius 2 is 1.18 bits per heavy atom. The van der Waals surface area contributed by atoms with Crippen LogP contribution in [-0.4, -0.2) is 28.2 Å². The summed E-state index contributed by atoms with van der Waals surface area (Å²) in [7, 11) is 0. The van der Waals surface area contributed by atoms with Crippen molar-refractivity contribution >= 4 is 69.6 Å². The first-order valence-corrected chi connectivity index (χ1v) is 10.6. The van der Waals surface area contributed by atoms with E-state index in [0.29, 0.717) is 43.4 Å². The molecule has 0 atom stereocenters. The molecule has 0 spiro atoms. The van der Waals surface area contributed by atoms with Crippen LogP contribution in [0.3, 0.4) is 0 Å². The lowest BCUT2D eigenvalue weighted by atomic mass is 10.1. The monoisotopic (exact) mass is 505 g/mol. The molecule has 0 radical (unpaired) electrons. The summed E-state index contributed by atoms with van der Waals surface area (Å²) in [5.41, 5.74) is 0.959. The Hall–Kier alpha value is -0.430. The maximum atomic E-state index is 5.90. The minimum atomic E-state index is -1.88. The van der Waals surface area contributed by atoms with Crippen molar-refractivity contribution in [3.63, 3.8) is 0 Å². The van der Waals surface area contributed by atoms with Crippen molar-refractivity contribution in [1.82, 2.24) is 15.0 Å². The Labute approximate surface area is 193 Å². The molecule has 0 aliphatic heterocycles. The number of hydrogen-bond acceptors (Lipinski definition) is 5. The fourth-order valence-electron chi connectivity index (χ4n) is 2.32. The maximum Gasteiger partial charge on any atom is 0.250 e. The largest absolute Gasteiger partial charge is 0.494 e. The fourth-order valence-corrected chi connectivity index (χ4v) is 2.82. The molecule has 1 aromatic heterocycles. The van der Waals surface area contributed by atoms with Crippen LogP contribution in [0.15, 0.2) is 18.2 Å². The first-order chi connectivity index (χ1) is 13.0. The van der Waals surface area contributed by atoms with Gasteiger partial charge in [-0.15, -0.1) is 0 Å². The highest BCUT2D eigenvalue weighted by molar-refractivity contribution is 6.67. The zero-order valence-corrected chi connectivity index (χ0v) is 19.5. The lowest BCUT2D eigenvalue weighted by Crippen LogP contribution is -2.18. The van der Waals surface area contributed by atoms with Gasteiger partial charge in [0, 0.05) is 12.5 Å². The van der Waals surface area contributed by atoms with E-state index in [1.54, 1.807) is 0 Å². The molecule has 2 aromatic rings. The lowest BCUT2D eigenvalue weighted by molar-refractivity contribution is 0.322. The minimum Gasteiger partial charge on any atom is -0.494 e. The van der Waals surface area contributed by atoms with Gasteiger partial charge in [-0.05, 0) is 38.0 Å². The standard InChI is InChI=1S/C17H17Cl6N3O2/c1-3-27-11-7-10(8-12(9-11)28-4-2)5-6-13-24-14(16(18,19)20)26-15(25-13)17(21,22)23/h7-9H,3-6H2,1-2H3. The summed E-state index contributed by atoms with van der Waals surface area (Å²) in [6, 6.07) is 5.67. The van der Waals surface area contributed by atoms with Gasteiger partial charge in [-0.1, -0.05) is 69.6 Å². The van der Waals surface area contributed by atoms with Gasteiger partial charge in [0.05, 0.1) is 13.2 Å². The number of alkyl halides is 6. The number of aromatic nitrogens is 3. The van der Waals surface area contributed by atoms with Crippen LogP contribution in [0.5, 0.6) is 11.5 Å². The topological polar surface area (TPSA) is 57.1 Å². The van der Waals surface area contributed by atoms with E-state index in [1.807, 2.05) is 32.0 Å². The molecule has 1 aromatic carbocycles. The van der Waals surface area contributed by atoms with E-state index in [4.69, 9.17) is 79.1 Å². The first kappa shape index (κ1) is 23.8. The van der Waals surface area contributed by atoms with Gasteiger partial charge in [0.2, 0.25) is 7.59 Å². The van der Waals surface area contributed by atoms with E-state index in [2.05, 4.69) is 15.0 Å². The summed E-state index contributed by atoms with van der Waals surface area (Å²) >= 11 is 35.4. The number of ether oxygens (including phenoxy) is 2. The molecule has 1 heterocycles. The third-order valence-corrected chi connectivity index (χ3v) is 4.40. The third-order valence-electron chi connectivity index (χ3n) is 3.39. The van der Waals surface area contributed by atoms with E-state index in [9.17, 15) is 0 Å². The number of benzene rings is 1. The van der Waals surface area contributed by atoms with Crippen molar-refractivity contribution in [2.75, 3.05) is 13.2 Å². The Bertz CT molecular complexity index is 752. The van der Waals surface area contributed by atoms with Crippen LogP contribution in [0, 0.1) is 0 Å². The van der Waals surface area contributed by atoms with Crippen molar-refractivity contribution in [1.29, 1.82) is 0 Å². The molecule has 0 aliphatic rings. The van der Waals surface area contributed by atoms with Crippen molar-refractivity contribution in [2.45, 2.75) is 34.3 Å². The zero-order valence-electron chi connectivity index (χ0n) is 15.0. The predicted molar refractivity (Wildman–Crippen MR) is 114 cm³/mol. The Balaban J connectivity index is 2.30. The van der Waals surface area contributed by atoms with Crippen LogP contribution in [0.4, 0.5) is 0 Å². The third kappa shape index (κ3) is 7.12. The van der Waals surface area contributed by atoms with E-state index < -0.39 is 7.59 Å². The van der Waals surface area contributed by atoms with Gasteiger partial charge in [0.1, 0.15) is 17.3 Å². The number of halogens is 6. The molecule has 0 fully saturated rings. The van der Waals surface area contributed by atoms with Crippen LogP contribution in [0.1, 0.15) is 36.9 Å². The molecule has 0 N–H and O–H groups in total. The quantitative estimate of drug-likeness (QED) is 0.423. The Kier molecular flexibility index (Phi) is 8.56. The predicted octanol–water partition coefficient (Wildman–Crippen LogP) is 6.11. The van der Waals surface area contributed by atoms with Gasteiger partial charge < -0.3 is 9.47 Å². The summed E-state index contributed by atoms with van der Waals surface area (Å²) in [5, 5.41) is 0.